The molecule has 0 aromatic rings. The molecule has 0 aliphatic heterocycles. The van der Waals surface area contributed by atoms with E-state index >= 15 is 0 Å². The van der Waals surface area contributed by atoms with Crippen LogP contribution in [0.15, 0.2) is 0 Å². The first kappa shape index (κ1) is 19.5. The van der Waals surface area contributed by atoms with Crippen LogP contribution >= 0.6 is 0 Å². The maximum atomic E-state index is 6.47. The zero-order valence-corrected chi connectivity index (χ0v) is 17.3. The molecule has 0 aliphatic carbocycles. The molecule has 0 fully saturated rings. The highest BCUT2D eigenvalue weighted by Gasteiger charge is 2.39. The molecule has 19 heavy (non-hydrogen) atoms. The lowest BCUT2D eigenvalue weighted by Crippen LogP contribution is -2.52. The van der Waals surface area contributed by atoms with Gasteiger partial charge in [0.1, 0.15) is 0 Å². The molecule has 0 bridgehead atoms. The molecule has 0 heterocycles. The summed E-state index contributed by atoms with van der Waals surface area (Å²) in [5.74, 6) is 0. The molecule has 3 nitrogen and oxygen atoms in total. The summed E-state index contributed by atoms with van der Waals surface area (Å²) >= 11 is 0. The smallest absolute Gasteiger partial charge is 0.314 e. The average molecular weight is 323 g/mol. The Kier molecular flexibility index (Phi) is 8.32. The summed E-state index contributed by atoms with van der Waals surface area (Å²) in [6.07, 6.45) is 3.54. The molecule has 0 rings (SSSR count). The number of hydrogen-bond acceptors (Lipinski definition) is 3. The molecule has 6 heteroatoms. The molecule has 0 saturated heterocycles. The predicted molar refractivity (Wildman–Crippen MR) is 91.0 cm³/mol. The molecular formula is C13H34O3Si3. The van der Waals surface area contributed by atoms with Crippen molar-refractivity contribution in [1.82, 2.24) is 0 Å². The molecule has 0 amide bonds. The number of methoxy groups -OCH3 is 1. The van der Waals surface area contributed by atoms with Crippen LogP contribution in [-0.2, 0) is 13.0 Å². The topological polar surface area (TPSA) is 27.7 Å². The van der Waals surface area contributed by atoms with Gasteiger partial charge in [-0.05, 0) is 58.3 Å². The molecule has 0 atom stereocenters. The van der Waals surface area contributed by atoms with Crippen molar-refractivity contribution in [3.63, 3.8) is 0 Å². The molecular weight excluding hydrogens is 288 g/mol. The lowest BCUT2D eigenvalue weighted by Gasteiger charge is -2.38. The first-order valence-electron chi connectivity index (χ1n) is 7.37. The van der Waals surface area contributed by atoms with Crippen molar-refractivity contribution < 1.29 is 13.0 Å². The van der Waals surface area contributed by atoms with Crippen LogP contribution in [0.5, 0.6) is 0 Å². The second-order valence-corrected chi connectivity index (χ2v) is 20.2. The Hall–Kier alpha value is 0.531. The molecule has 0 unspecified atom stereocenters. The fourth-order valence-corrected chi connectivity index (χ4v) is 14.9. The summed E-state index contributed by atoms with van der Waals surface area (Å²) in [4.78, 5) is 0. The van der Waals surface area contributed by atoms with Gasteiger partial charge in [0.25, 0.3) is 0 Å². The Bertz CT molecular complexity index is 230. The van der Waals surface area contributed by atoms with E-state index in [1.165, 1.54) is 12.8 Å². The van der Waals surface area contributed by atoms with Crippen LogP contribution in [0.1, 0.15) is 19.3 Å². The van der Waals surface area contributed by atoms with Gasteiger partial charge in [0.2, 0.25) is 0 Å². The van der Waals surface area contributed by atoms with E-state index in [4.69, 9.17) is 13.0 Å². The van der Waals surface area contributed by atoms with Gasteiger partial charge < -0.3 is 13.0 Å². The normalized spacial score (nSPS) is 13.9. The van der Waals surface area contributed by atoms with Crippen LogP contribution in [0.4, 0.5) is 0 Å². The Morgan fingerprint density at radius 3 is 1.53 bits per heavy atom. The van der Waals surface area contributed by atoms with Crippen LogP contribution in [-0.4, -0.2) is 38.9 Å². The van der Waals surface area contributed by atoms with Crippen molar-refractivity contribution >= 4 is 25.2 Å². The predicted octanol–water partition coefficient (Wildman–Crippen LogP) is 4.58. The van der Waals surface area contributed by atoms with Crippen LogP contribution in [0.2, 0.25) is 51.9 Å². The van der Waals surface area contributed by atoms with Gasteiger partial charge in [0.05, 0.1) is 0 Å². The van der Waals surface area contributed by atoms with Crippen molar-refractivity contribution in [3.8, 4) is 0 Å². The van der Waals surface area contributed by atoms with E-state index in [1.807, 2.05) is 0 Å². The summed E-state index contributed by atoms with van der Waals surface area (Å²) in [5, 5.41) is 0. The van der Waals surface area contributed by atoms with Crippen LogP contribution in [0.3, 0.4) is 0 Å². The fourth-order valence-electron chi connectivity index (χ4n) is 2.29. The van der Waals surface area contributed by atoms with Gasteiger partial charge in [-0.2, -0.15) is 0 Å². The van der Waals surface area contributed by atoms with Gasteiger partial charge >= 0.3 is 8.56 Å². The Morgan fingerprint density at radius 2 is 1.16 bits per heavy atom. The highest BCUT2D eigenvalue weighted by atomic mass is 28.5. The molecule has 0 saturated carbocycles. The van der Waals surface area contributed by atoms with Gasteiger partial charge in [-0.3, -0.25) is 0 Å². The van der Waals surface area contributed by atoms with Crippen LogP contribution in [0.25, 0.3) is 0 Å². The lowest BCUT2D eigenvalue weighted by atomic mass is 10.3. The summed E-state index contributed by atoms with van der Waals surface area (Å²) in [5.41, 5.74) is 0. The minimum absolute atomic E-state index is 0.863. The number of rotatable bonds is 10. The highest BCUT2D eigenvalue weighted by Crippen LogP contribution is 2.26. The maximum absolute atomic E-state index is 6.47. The Labute approximate surface area is 123 Å². The van der Waals surface area contributed by atoms with E-state index in [9.17, 15) is 0 Å². The third-order valence-electron chi connectivity index (χ3n) is 2.52. The monoisotopic (exact) mass is 322 g/mol. The Morgan fingerprint density at radius 1 is 0.684 bits per heavy atom. The molecule has 0 N–H and O–H groups in total. The number of hydrogen-bond donors (Lipinski definition) is 0. The van der Waals surface area contributed by atoms with Gasteiger partial charge in [-0.15, -0.1) is 0 Å². The molecule has 0 spiro atoms. The summed E-state index contributed by atoms with van der Waals surface area (Å²) < 4.78 is 18.0. The van der Waals surface area contributed by atoms with Crippen LogP contribution < -0.4 is 0 Å². The van der Waals surface area contributed by atoms with E-state index in [0.29, 0.717) is 0 Å². The van der Waals surface area contributed by atoms with E-state index in [2.05, 4.69) is 45.8 Å². The quantitative estimate of drug-likeness (QED) is 0.435. The summed E-state index contributed by atoms with van der Waals surface area (Å²) in [6, 6.07) is 1.12. The molecule has 116 valence electrons. The number of unbranched alkanes of at least 4 members (excludes halogenated alkanes) is 2. The van der Waals surface area contributed by atoms with E-state index in [0.717, 1.165) is 19.1 Å². The first-order chi connectivity index (χ1) is 8.47. The molecule has 0 aromatic carbocycles. The highest BCUT2D eigenvalue weighted by molar-refractivity contribution is 6.87. The molecule has 0 aliphatic rings. The molecule has 0 aromatic heterocycles. The largest absolute Gasteiger partial charge is 0.437 e. The number of ether oxygens (including phenoxy) is 1. The summed E-state index contributed by atoms with van der Waals surface area (Å²) in [7, 11) is -3.30. The van der Waals surface area contributed by atoms with Gasteiger partial charge in [-0.1, -0.05) is 12.8 Å². The second-order valence-electron chi connectivity index (χ2n) is 7.37. The van der Waals surface area contributed by atoms with E-state index in [-0.39, 0.29) is 0 Å². The van der Waals surface area contributed by atoms with Gasteiger partial charge in [0, 0.05) is 13.7 Å². The zero-order valence-electron chi connectivity index (χ0n) is 14.3. The van der Waals surface area contributed by atoms with Gasteiger partial charge in [0.15, 0.2) is 16.6 Å². The molecule has 0 radical (unpaired) electrons. The second kappa shape index (κ2) is 8.09. The third kappa shape index (κ3) is 12.0. The van der Waals surface area contributed by atoms with Crippen molar-refractivity contribution in [3.05, 3.63) is 0 Å². The first-order valence-corrected chi connectivity index (χ1v) is 16.7. The standard InChI is InChI=1S/C13H34O3Si3/c1-14-12-10-9-11-13-19(8,15-17(2,3)4)16-18(5,6)7/h9-13H2,1-8H3. The zero-order chi connectivity index (χ0) is 15.2. The van der Waals surface area contributed by atoms with E-state index < -0.39 is 25.2 Å². The maximum Gasteiger partial charge on any atom is 0.314 e. The van der Waals surface area contributed by atoms with Gasteiger partial charge in [-0.25, -0.2) is 0 Å². The lowest BCUT2D eigenvalue weighted by molar-refractivity contribution is 0.192. The summed E-state index contributed by atoms with van der Waals surface area (Å²) in [6.45, 7) is 16.7. The van der Waals surface area contributed by atoms with Crippen molar-refractivity contribution in [2.24, 2.45) is 0 Å². The fraction of sp³-hybridized carbons (Fsp3) is 1.00. The van der Waals surface area contributed by atoms with Crippen molar-refractivity contribution in [2.75, 3.05) is 13.7 Å². The SMILES string of the molecule is COCCCCC[Si](C)(O[Si](C)(C)C)O[Si](C)(C)C. The minimum Gasteiger partial charge on any atom is -0.437 e. The van der Waals surface area contributed by atoms with Crippen molar-refractivity contribution in [2.45, 2.75) is 71.1 Å². The Balaban J connectivity index is 4.41. The van der Waals surface area contributed by atoms with Crippen LogP contribution in [0, 0.1) is 0 Å². The average Bonchev–Trinajstić information content (AvgIpc) is 2.10. The van der Waals surface area contributed by atoms with Crippen molar-refractivity contribution in [1.29, 1.82) is 0 Å². The third-order valence-corrected chi connectivity index (χ3v) is 12.1. The van der Waals surface area contributed by atoms with E-state index in [1.54, 1.807) is 7.11 Å². The minimum atomic E-state index is -2.00.